The predicted molar refractivity (Wildman–Crippen MR) is 92.5 cm³/mol. The zero-order valence-corrected chi connectivity index (χ0v) is 13.8. The standard InChI is InChI=1S/C18H16N2O3S/c21-14-10-16(23-15-6-2-1-5-13(14)15)18(22)20-8-3-4-12(11-20)17-19-7-9-24-17/h1-2,5-7,9-10,12H,3-4,8,11H2. The van der Waals surface area contributed by atoms with E-state index in [2.05, 4.69) is 4.98 Å². The van der Waals surface area contributed by atoms with Crippen LogP contribution in [0, 0.1) is 0 Å². The van der Waals surface area contributed by atoms with Gasteiger partial charge in [-0.1, -0.05) is 12.1 Å². The molecule has 1 aliphatic heterocycles. The summed E-state index contributed by atoms with van der Waals surface area (Å²) in [5.41, 5.74) is 0.260. The number of carbonyl (C=O) groups excluding carboxylic acids is 1. The normalized spacial score (nSPS) is 18.0. The Morgan fingerprint density at radius 1 is 1.33 bits per heavy atom. The summed E-state index contributed by atoms with van der Waals surface area (Å²) in [6, 6.07) is 8.29. The molecule has 1 aromatic carbocycles. The molecule has 3 aromatic rings. The molecule has 122 valence electrons. The molecule has 0 aliphatic carbocycles. The summed E-state index contributed by atoms with van der Waals surface area (Å²) < 4.78 is 5.68. The van der Waals surface area contributed by atoms with E-state index >= 15 is 0 Å². The van der Waals surface area contributed by atoms with Gasteiger partial charge >= 0.3 is 0 Å². The number of aromatic nitrogens is 1. The summed E-state index contributed by atoms with van der Waals surface area (Å²) in [7, 11) is 0. The van der Waals surface area contributed by atoms with Gasteiger partial charge in [-0.3, -0.25) is 9.59 Å². The van der Waals surface area contributed by atoms with Gasteiger partial charge in [0.1, 0.15) is 5.58 Å². The van der Waals surface area contributed by atoms with E-state index in [9.17, 15) is 9.59 Å². The van der Waals surface area contributed by atoms with Crippen molar-refractivity contribution in [3.05, 3.63) is 62.9 Å². The second kappa shape index (κ2) is 6.20. The Balaban J connectivity index is 1.62. The number of benzene rings is 1. The zero-order chi connectivity index (χ0) is 16.5. The van der Waals surface area contributed by atoms with Crippen LogP contribution in [0.1, 0.15) is 34.3 Å². The van der Waals surface area contributed by atoms with Crippen LogP contribution in [0.3, 0.4) is 0 Å². The van der Waals surface area contributed by atoms with Gasteiger partial charge in [-0.25, -0.2) is 4.98 Å². The average Bonchev–Trinajstić information content (AvgIpc) is 3.16. The average molecular weight is 340 g/mol. The highest BCUT2D eigenvalue weighted by molar-refractivity contribution is 7.09. The molecule has 6 heteroatoms. The maximum atomic E-state index is 12.8. The summed E-state index contributed by atoms with van der Waals surface area (Å²) in [5, 5.41) is 3.51. The number of hydrogen-bond donors (Lipinski definition) is 0. The molecule has 1 unspecified atom stereocenters. The van der Waals surface area contributed by atoms with Crippen LogP contribution in [-0.2, 0) is 0 Å². The molecule has 1 amide bonds. The second-order valence-corrected chi connectivity index (χ2v) is 6.86. The third-order valence-electron chi connectivity index (χ3n) is 4.35. The van der Waals surface area contributed by atoms with Gasteiger partial charge in [0.25, 0.3) is 5.91 Å². The zero-order valence-electron chi connectivity index (χ0n) is 13.0. The summed E-state index contributed by atoms with van der Waals surface area (Å²) >= 11 is 1.62. The van der Waals surface area contributed by atoms with Crippen LogP contribution < -0.4 is 5.43 Å². The van der Waals surface area contributed by atoms with E-state index in [1.165, 1.54) is 6.07 Å². The van der Waals surface area contributed by atoms with Crippen LogP contribution in [0.2, 0.25) is 0 Å². The van der Waals surface area contributed by atoms with Crippen LogP contribution in [0.15, 0.2) is 51.1 Å². The molecule has 1 fully saturated rings. The van der Waals surface area contributed by atoms with Crippen LogP contribution >= 0.6 is 11.3 Å². The number of carbonyl (C=O) groups is 1. The van der Waals surface area contributed by atoms with Crippen molar-refractivity contribution in [3.63, 3.8) is 0 Å². The van der Waals surface area contributed by atoms with Crippen molar-refractivity contribution in [2.75, 3.05) is 13.1 Å². The minimum absolute atomic E-state index is 0.110. The van der Waals surface area contributed by atoms with E-state index in [0.29, 0.717) is 24.1 Å². The van der Waals surface area contributed by atoms with Gasteiger partial charge in [-0.05, 0) is 25.0 Å². The fraction of sp³-hybridized carbons (Fsp3) is 0.278. The number of hydrogen-bond acceptors (Lipinski definition) is 5. The van der Waals surface area contributed by atoms with Gasteiger partial charge in [0.05, 0.1) is 10.4 Å². The predicted octanol–water partition coefficient (Wildman–Crippen LogP) is 3.27. The first-order chi connectivity index (χ1) is 11.7. The van der Waals surface area contributed by atoms with E-state index in [0.717, 1.165) is 17.8 Å². The van der Waals surface area contributed by atoms with E-state index in [1.807, 2.05) is 5.38 Å². The molecule has 5 nitrogen and oxygen atoms in total. The summed E-state index contributed by atoms with van der Waals surface area (Å²) in [6.07, 6.45) is 3.75. The second-order valence-electron chi connectivity index (χ2n) is 5.93. The highest BCUT2D eigenvalue weighted by Crippen LogP contribution is 2.29. The molecule has 4 rings (SSSR count). The number of amides is 1. The Labute approximate surface area is 142 Å². The van der Waals surface area contributed by atoms with Crippen LogP contribution in [0.5, 0.6) is 0 Å². The monoisotopic (exact) mass is 340 g/mol. The minimum atomic E-state index is -0.223. The topological polar surface area (TPSA) is 63.4 Å². The van der Waals surface area contributed by atoms with Gasteiger partial charge in [0.15, 0.2) is 11.2 Å². The third kappa shape index (κ3) is 2.73. The number of fused-ring (bicyclic) bond motifs is 1. The van der Waals surface area contributed by atoms with Crippen molar-refractivity contribution < 1.29 is 9.21 Å². The Bertz CT molecular complexity index is 933. The fourth-order valence-corrected chi connectivity index (χ4v) is 3.93. The highest BCUT2D eigenvalue weighted by Gasteiger charge is 2.28. The van der Waals surface area contributed by atoms with Crippen molar-refractivity contribution in [1.29, 1.82) is 0 Å². The molecule has 0 spiro atoms. The molecule has 0 radical (unpaired) electrons. The summed E-state index contributed by atoms with van der Waals surface area (Å²) in [4.78, 5) is 31.1. The number of piperidine rings is 1. The Morgan fingerprint density at radius 2 is 2.21 bits per heavy atom. The molecular weight excluding hydrogens is 324 g/mol. The van der Waals surface area contributed by atoms with Crippen molar-refractivity contribution >= 4 is 28.2 Å². The van der Waals surface area contributed by atoms with Crippen molar-refractivity contribution in [1.82, 2.24) is 9.88 Å². The smallest absolute Gasteiger partial charge is 0.289 e. The lowest BCUT2D eigenvalue weighted by Gasteiger charge is -2.31. The Hall–Kier alpha value is -2.47. The largest absolute Gasteiger partial charge is 0.451 e. The van der Waals surface area contributed by atoms with Gasteiger partial charge in [0.2, 0.25) is 0 Å². The highest BCUT2D eigenvalue weighted by atomic mass is 32.1. The molecule has 2 aromatic heterocycles. The lowest BCUT2D eigenvalue weighted by atomic mass is 9.98. The lowest BCUT2D eigenvalue weighted by Crippen LogP contribution is -2.39. The van der Waals surface area contributed by atoms with Crippen LogP contribution in [-0.4, -0.2) is 28.9 Å². The summed E-state index contributed by atoms with van der Waals surface area (Å²) in [6.45, 7) is 1.29. The first-order valence-electron chi connectivity index (χ1n) is 7.94. The molecule has 0 saturated carbocycles. The lowest BCUT2D eigenvalue weighted by molar-refractivity contribution is 0.0675. The van der Waals surface area contributed by atoms with Crippen molar-refractivity contribution in [2.24, 2.45) is 0 Å². The first-order valence-corrected chi connectivity index (χ1v) is 8.82. The maximum Gasteiger partial charge on any atom is 0.289 e. The minimum Gasteiger partial charge on any atom is -0.451 e. The number of thiazole rings is 1. The SMILES string of the molecule is O=C(c1cc(=O)c2ccccc2o1)N1CCCC(c2nccs2)C1. The number of likely N-dealkylation sites (tertiary alicyclic amines) is 1. The number of para-hydroxylation sites is 1. The summed E-state index contributed by atoms with van der Waals surface area (Å²) in [5.74, 6) is 0.146. The number of rotatable bonds is 2. The maximum absolute atomic E-state index is 12.8. The van der Waals surface area contributed by atoms with E-state index in [4.69, 9.17) is 4.42 Å². The molecule has 1 saturated heterocycles. The van der Waals surface area contributed by atoms with Crippen LogP contribution in [0.4, 0.5) is 0 Å². The molecule has 24 heavy (non-hydrogen) atoms. The Morgan fingerprint density at radius 3 is 3.04 bits per heavy atom. The van der Waals surface area contributed by atoms with E-state index < -0.39 is 0 Å². The van der Waals surface area contributed by atoms with Crippen molar-refractivity contribution in [2.45, 2.75) is 18.8 Å². The quantitative estimate of drug-likeness (QED) is 0.718. The van der Waals surface area contributed by atoms with E-state index in [-0.39, 0.29) is 23.0 Å². The molecule has 0 N–H and O–H groups in total. The molecule has 1 aliphatic rings. The third-order valence-corrected chi connectivity index (χ3v) is 5.29. The van der Waals surface area contributed by atoms with Gasteiger partial charge in [0, 0.05) is 36.7 Å². The number of nitrogens with zero attached hydrogens (tertiary/aromatic N) is 2. The van der Waals surface area contributed by atoms with Gasteiger partial charge in [-0.15, -0.1) is 11.3 Å². The van der Waals surface area contributed by atoms with Gasteiger partial charge in [-0.2, -0.15) is 0 Å². The van der Waals surface area contributed by atoms with E-state index in [1.54, 1.807) is 46.7 Å². The Kier molecular flexibility index (Phi) is 3.90. The molecule has 1 atom stereocenters. The van der Waals surface area contributed by atoms with Crippen LogP contribution in [0.25, 0.3) is 11.0 Å². The van der Waals surface area contributed by atoms with Gasteiger partial charge < -0.3 is 9.32 Å². The molecule has 0 bridgehead atoms. The molecule has 3 heterocycles. The van der Waals surface area contributed by atoms with Crippen molar-refractivity contribution in [3.8, 4) is 0 Å². The first kappa shape index (κ1) is 15.1. The fourth-order valence-electron chi connectivity index (χ4n) is 3.16. The molecular formula is C18H16N2O3S.